The molecule has 4 nitrogen and oxygen atoms in total. The first kappa shape index (κ1) is 38.2. The van der Waals surface area contributed by atoms with Crippen molar-refractivity contribution in [3.63, 3.8) is 0 Å². The number of aryl methyl sites for hydroxylation is 1. The molecule has 0 amide bonds. The van der Waals surface area contributed by atoms with Crippen molar-refractivity contribution in [1.29, 1.82) is 0 Å². The molecule has 5 heteroatoms. The molecule has 0 spiro atoms. The van der Waals surface area contributed by atoms with Crippen LogP contribution in [0.3, 0.4) is 0 Å². The average molecular weight is 943 g/mol. The van der Waals surface area contributed by atoms with Crippen LogP contribution in [0.1, 0.15) is 48.6 Å². The zero-order chi connectivity index (χ0) is 39.4. The summed E-state index contributed by atoms with van der Waals surface area (Å²) in [5.74, 6) is 0.852. The first-order valence-corrected chi connectivity index (χ1v) is 20.0. The maximum atomic E-state index is 5.02. The summed E-state index contributed by atoms with van der Waals surface area (Å²) in [5.41, 5.74) is 12.3. The van der Waals surface area contributed by atoms with Crippen molar-refractivity contribution < 1.29 is 21.1 Å². The summed E-state index contributed by atoms with van der Waals surface area (Å²) in [7, 11) is 0. The topological polar surface area (TPSA) is 27.7 Å². The van der Waals surface area contributed by atoms with Crippen molar-refractivity contribution in [2.45, 2.75) is 38.6 Å². The van der Waals surface area contributed by atoms with Crippen LogP contribution in [0, 0.1) is 19.1 Å². The molecule has 0 unspecified atom stereocenters. The predicted molar refractivity (Wildman–Crippen MR) is 239 cm³/mol. The molecule has 0 aliphatic carbocycles. The molecular formula is C54H43N4Pt-. The molecule has 0 atom stereocenters. The summed E-state index contributed by atoms with van der Waals surface area (Å²) >= 11 is 0. The predicted octanol–water partition coefficient (Wildman–Crippen LogP) is 12.9. The molecule has 7 aromatic carbocycles. The number of hydrogen-bond donors (Lipinski definition) is 0. The molecule has 3 aromatic heterocycles. The van der Waals surface area contributed by atoms with Gasteiger partial charge in [0, 0.05) is 56.0 Å². The molecule has 10 rings (SSSR count). The number of fused-ring (bicyclic) bond motifs is 4. The molecule has 0 bridgehead atoms. The first-order chi connectivity index (χ1) is 28.3. The summed E-state index contributed by atoms with van der Waals surface area (Å²) in [6.07, 6.45) is 4.15. The Morgan fingerprint density at radius 3 is 1.90 bits per heavy atom. The van der Waals surface area contributed by atoms with E-state index in [9.17, 15) is 0 Å². The number of imidazole rings is 1. The molecule has 3 heterocycles. The van der Waals surface area contributed by atoms with Crippen LogP contribution in [-0.4, -0.2) is 18.7 Å². The number of para-hydroxylation sites is 3. The maximum Gasteiger partial charge on any atom is 0.188 e. The molecular weight excluding hydrogens is 900 g/mol. The second-order valence-corrected chi connectivity index (χ2v) is 16.2. The quantitative estimate of drug-likeness (QED) is 0.116. The van der Waals surface area contributed by atoms with Gasteiger partial charge in [-0.05, 0) is 91.2 Å². The Kier molecular flexibility index (Phi) is 9.78. The summed E-state index contributed by atoms with van der Waals surface area (Å²) in [4.78, 5) is 5.02. The molecule has 0 aliphatic rings. The van der Waals surface area contributed by atoms with Crippen LogP contribution in [0.5, 0.6) is 0 Å². The van der Waals surface area contributed by atoms with E-state index in [1.807, 2.05) is 6.20 Å². The van der Waals surface area contributed by atoms with E-state index in [0.29, 0.717) is 0 Å². The minimum Gasteiger partial charge on any atom is -0.319 e. The van der Waals surface area contributed by atoms with Gasteiger partial charge in [0.05, 0.1) is 5.54 Å². The van der Waals surface area contributed by atoms with E-state index in [-0.39, 0.29) is 26.6 Å². The number of aromatic nitrogens is 4. The van der Waals surface area contributed by atoms with Gasteiger partial charge < -0.3 is 4.57 Å². The Hall–Kier alpha value is -6.35. The fraction of sp³-hybridized carbons (Fsp3) is 0.111. The van der Waals surface area contributed by atoms with E-state index in [1.165, 1.54) is 16.6 Å². The van der Waals surface area contributed by atoms with E-state index >= 15 is 0 Å². The molecule has 10 aromatic rings. The van der Waals surface area contributed by atoms with Crippen molar-refractivity contribution in [2.75, 3.05) is 0 Å². The van der Waals surface area contributed by atoms with E-state index in [1.54, 1.807) is 0 Å². The number of nitrogens with zero attached hydrogens (tertiary/aromatic N) is 4. The van der Waals surface area contributed by atoms with Crippen LogP contribution >= 0.6 is 0 Å². The van der Waals surface area contributed by atoms with Crippen molar-refractivity contribution >= 4 is 32.8 Å². The fourth-order valence-corrected chi connectivity index (χ4v) is 8.92. The molecule has 0 radical (unpaired) electrons. The second kappa shape index (κ2) is 15.1. The molecule has 0 saturated heterocycles. The van der Waals surface area contributed by atoms with Crippen LogP contribution in [-0.2, 0) is 32.0 Å². The van der Waals surface area contributed by atoms with Gasteiger partial charge in [0.2, 0.25) is 0 Å². The van der Waals surface area contributed by atoms with Crippen LogP contribution in [0.25, 0.3) is 55.5 Å². The summed E-state index contributed by atoms with van der Waals surface area (Å²) in [6, 6.07) is 71.0. The van der Waals surface area contributed by atoms with Crippen LogP contribution in [0.2, 0.25) is 0 Å². The Labute approximate surface area is 360 Å². The van der Waals surface area contributed by atoms with Gasteiger partial charge in [-0.2, -0.15) is 30.3 Å². The molecule has 290 valence electrons. The molecule has 59 heavy (non-hydrogen) atoms. The molecule has 0 aliphatic heterocycles. The summed E-state index contributed by atoms with van der Waals surface area (Å²) in [6.45, 7) is 8.91. The Morgan fingerprint density at radius 1 is 0.559 bits per heavy atom. The van der Waals surface area contributed by atoms with Gasteiger partial charge in [0.1, 0.15) is 5.82 Å². The monoisotopic (exact) mass is 942 g/mol. The van der Waals surface area contributed by atoms with Gasteiger partial charge in [0.15, 0.2) is 17.4 Å². The Morgan fingerprint density at radius 2 is 1.19 bits per heavy atom. The van der Waals surface area contributed by atoms with Crippen LogP contribution in [0.15, 0.2) is 188 Å². The SMILES string of the molecule is Cc1ccccc1-c1ccnc(-n2c3[c-]c(C(c4[c-]c(-n5[cH+]n(C(C)(C)C)c6ccccc65)ccc4)(c4ccccc4)c4ccccc4)ccc3c3ccccc32)c1.[Pt]. The third kappa shape index (κ3) is 6.35. The van der Waals surface area contributed by atoms with Gasteiger partial charge in [-0.3, -0.25) is 0 Å². The van der Waals surface area contributed by atoms with Crippen LogP contribution < -0.4 is 0 Å². The largest absolute Gasteiger partial charge is 0.319 e. The first-order valence-electron chi connectivity index (χ1n) is 20.0. The smallest absolute Gasteiger partial charge is 0.188 e. The minimum atomic E-state index is -0.784. The van der Waals surface area contributed by atoms with Crippen LogP contribution in [0.4, 0.5) is 0 Å². The van der Waals surface area contributed by atoms with E-state index in [0.717, 1.165) is 66.6 Å². The minimum absolute atomic E-state index is 0. The Balaban J connectivity index is 0.00000449. The normalized spacial score (nSPS) is 11.9. The van der Waals surface area contributed by atoms with Crippen molar-refractivity contribution in [3.05, 3.63) is 228 Å². The van der Waals surface area contributed by atoms with Gasteiger partial charge in [0.25, 0.3) is 0 Å². The molecule has 0 saturated carbocycles. The van der Waals surface area contributed by atoms with Gasteiger partial charge in [-0.25, -0.2) is 14.1 Å². The number of rotatable bonds is 7. The van der Waals surface area contributed by atoms with Gasteiger partial charge >= 0.3 is 0 Å². The molecule has 0 N–H and O–H groups in total. The maximum absolute atomic E-state index is 5.02. The number of benzene rings is 7. The summed E-state index contributed by atoms with van der Waals surface area (Å²) in [5, 5.41) is 2.29. The summed E-state index contributed by atoms with van der Waals surface area (Å²) < 4.78 is 6.92. The van der Waals surface area contributed by atoms with E-state index in [4.69, 9.17) is 4.98 Å². The van der Waals surface area contributed by atoms with Gasteiger partial charge in [-0.15, -0.1) is 22.6 Å². The van der Waals surface area contributed by atoms with Gasteiger partial charge in [-0.1, -0.05) is 115 Å². The van der Waals surface area contributed by atoms with E-state index in [2.05, 4.69) is 236 Å². The zero-order valence-electron chi connectivity index (χ0n) is 33.5. The average Bonchev–Trinajstić information content (AvgIpc) is 3.82. The van der Waals surface area contributed by atoms with E-state index < -0.39 is 5.41 Å². The van der Waals surface area contributed by atoms with Crippen molar-refractivity contribution in [1.82, 2.24) is 18.7 Å². The third-order valence-electron chi connectivity index (χ3n) is 11.6. The second-order valence-electron chi connectivity index (χ2n) is 16.2. The number of pyridine rings is 1. The van der Waals surface area contributed by atoms with Crippen molar-refractivity contribution in [2.24, 2.45) is 0 Å². The third-order valence-corrected chi connectivity index (χ3v) is 11.6. The van der Waals surface area contributed by atoms with Crippen molar-refractivity contribution in [3.8, 4) is 22.6 Å². The standard InChI is InChI=1S/C54H43N4.Pt/c1-38-18-11-12-25-45(38)39-32-33-55-52(34-39)58-48-27-14-13-26-46(48)47-31-30-43(36-51(47)58)54(40-19-7-5-8-20-40,41-21-9-6-10-22-41)42-23-17-24-44(35-42)56-37-57(53(2,3)4)50-29-16-15-28-49(50)56;/h5-34,37H,1-4H3;/q-1;. The number of hydrogen-bond acceptors (Lipinski definition) is 1. The fourth-order valence-electron chi connectivity index (χ4n) is 8.92. The Bertz CT molecular complexity index is 3080. The zero-order valence-corrected chi connectivity index (χ0v) is 35.8. The molecule has 0 fully saturated rings.